The summed E-state index contributed by atoms with van der Waals surface area (Å²) in [5.74, 6) is 0. The molecule has 0 amide bonds. The lowest BCUT2D eigenvalue weighted by Crippen LogP contribution is -2.05. The molecule has 76 valence electrons. The van der Waals surface area contributed by atoms with E-state index in [0.29, 0.717) is 0 Å². The van der Waals surface area contributed by atoms with Crippen molar-refractivity contribution in [2.75, 3.05) is 0 Å². The van der Waals surface area contributed by atoms with Gasteiger partial charge in [-0.15, -0.1) is 0 Å². The Hall–Kier alpha value is -2.15. The predicted octanol–water partition coefficient (Wildman–Crippen LogP) is 3.32. The number of H-pyrrole nitrogens is 1. The molecule has 0 bridgehead atoms. The fourth-order valence-corrected chi connectivity index (χ4v) is 1.91. The second-order valence-corrected chi connectivity index (χ2v) is 3.84. The number of rotatable bonds is 1. The number of benzene rings is 2. The molecule has 1 nitrogen and oxygen atoms in total. The smallest absolute Gasteiger partial charge is 0.210 e. The zero-order valence-electron chi connectivity index (χ0n) is 8.85. The Kier molecular flexibility index (Phi) is 2.15. The van der Waals surface area contributed by atoms with E-state index in [1.54, 1.807) is 0 Å². The maximum atomic E-state index is 3.33. The van der Waals surface area contributed by atoms with Crippen molar-refractivity contribution < 1.29 is 4.98 Å². The molecule has 0 aliphatic carbocycles. The molecule has 2 aromatic carbocycles. The largest absolute Gasteiger partial charge is 0.211 e. The van der Waals surface area contributed by atoms with E-state index in [1.165, 1.54) is 16.3 Å². The monoisotopic (exact) mass is 206 g/mol. The third-order valence-corrected chi connectivity index (χ3v) is 2.76. The van der Waals surface area contributed by atoms with Crippen LogP contribution in [-0.4, -0.2) is 0 Å². The van der Waals surface area contributed by atoms with Crippen LogP contribution in [0.4, 0.5) is 0 Å². The summed E-state index contributed by atoms with van der Waals surface area (Å²) in [5, 5.41) is 2.50. The van der Waals surface area contributed by atoms with E-state index in [0.717, 1.165) is 5.69 Å². The van der Waals surface area contributed by atoms with Gasteiger partial charge in [0.25, 0.3) is 0 Å². The summed E-state index contributed by atoms with van der Waals surface area (Å²) in [5.41, 5.74) is 2.37. The minimum Gasteiger partial charge on any atom is -0.210 e. The molecule has 1 aromatic heterocycles. The molecule has 0 fully saturated rings. The van der Waals surface area contributed by atoms with Gasteiger partial charge in [0.2, 0.25) is 5.69 Å². The lowest BCUT2D eigenvalue weighted by molar-refractivity contribution is -0.362. The molecule has 16 heavy (non-hydrogen) atoms. The Balaban J connectivity index is 2.19. The average molecular weight is 206 g/mol. The van der Waals surface area contributed by atoms with Crippen molar-refractivity contribution in [3.8, 4) is 11.3 Å². The summed E-state index contributed by atoms with van der Waals surface area (Å²) in [7, 11) is 0. The van der Waals surface area contributed by atoms with Gasteiger partial charge < -0.3 is 0 Å². The number of nitrogens with one attached hydrogen (secondary N) is 1. The first kappa shape index (κ1) is 9.10. The summed E-state index contributed by atoms with van der Waals surface area (Å²) in [4.78, 5) is 3.33. The van der Waals surface area contributed by atoms with E-state index in [2.05, 4.69) is 65.8 Å². The van der Waals surface area contributed by atoms with Crippen LogP contribution < -0.4 is 4.98 Å². The zero-order valence-corrected chi connectivity index (χ0v) is 8.85. The number of pyridine rings is 1. The molecule has 1 N–H and O–H groups in total. The second kappa shape index (κ2) is 3.78. The molecule has 1 heterocycles. The quantitative estimate of drug-likeness (QED) is 0.580. The number of hydrogen-bond acceptors (Lipinski definition) is 0. The van der Waals surface area contributed by atoms with Crippen LogP contribution in [0.5, 0.6) is 0 Å². The Morgan fingerprint density at radius 2 is 1.38 bits per heavy atom. The van der Waals surface area contributed by atoms with Crippen molar-refractivity contribution in [1.29, 1.82) is 0 Å². The highest BCUT2D eigenvalue weighted by Crippen LogP contribution is 2.18. The molecule has 0 unspecified atom stereocenters. The molecule has 0 radical (unpaired) electrons. The lowest BCUT2D eigenvalue weighted by atomic mass is 10.1. The Morgan fingerprint density at radius 1 is 0.688 bits per heavy atom. The number of aromatic amines is 1. The molecular formula is C15H12N+. The van der Waals surface area contributed by atoms with Crippen molar-refractivity contribution in [3.63, 3.8) is 0 Å². The average Bonchev–Trinajstić information content (AvgIpc) is 2.39. The van der Waals surface area contributed by atoms with Crippen molar-refractivity contribution in [3.05, 3.63) is 66.9 Å². The van der Waals surface area contributed by atoms with E-state index in [9.17, 15) is 0 Å². The molecule has 0 saturated carbocycles. The van der Waals surface area contributed by atoms with E-state index in [1.807, 2.05) is 6.07 Å². The predicted molar refractivity (Wildman–Crippen MR) is 65.9 cm³/mol. The Morgan fingerprint density at radius 3 is 2.19 bits per heavy atom. The Bertz CT molecular complexity index is 614. The first-order chi connectivity index (χ1) is 7.93. The minimum absolute atomic E-state index is 1.15. The van der Waals surface area contributed by atoms with Gasteiger partial charge in [-0.05, 0) is 23.6 Å². The topological polar surface area (TPSA) is 14.1 Å². The molecule has 0 saturated heterocycles. The fraction of sp³-hybridized carbons (Fsp3) is 0. The normalized spacial score (nSPS) is 10.5. The van der Waals surface area contributed by atoms with E-state index in [-0.39, 0.29) is 0 Å². The third-order valence-electron chi connectivity index (χ3n) is 2.76. The molecule has 0 spiro atoms. The Labute approximate surface area is 94.4 Å². The van der Waals surface area contributed by atoms with Gasteiger partial charge in [-0.3, -0.25) is 0 Å². The molecule has 0 atom stereocenters. The highest BCUT2D eigenvalue weighted by Gasteiger charge is 2.05. The van der Waals surface area contributed by atoms with Gasteiger partial charge in [-0.25, -0.2) is 4.98 Å². The molecule has 1 heteroatoms. The van der Waals surface area contributed by atoms with Crippen LogP contribution in [0, 0.1) is 0 Å². The SMILES string of the molecule is c1ccc(-c2cc3ccccc3c[nH+]2)cc1. The first-order valence-electron chi connectivity index (χ1n) is 5.39. The van der Waals surface area contributed by atoms with Crippen LogP contribution in [0.1, 0.15) is 0 Å². The van der Waals surface area contributed by atoms with Crippen molar-refractivity contribution in [2.24, 2.45) is 0 Å². The summed E-state index contributed by atoms with van der Waals surface area (Å²) in [6, 6.07) is 20.9. The third kappa shape index (κ3) is 1.57. The van der Waals surface area contributed by atoms with Gasteiger partial charge in [0.05, 0.1) is 0 Å². The van der Waals surface area contributed by atoms with E-state index in [4.69, 9.17) is 0 Å². The minimum atomic E-state index is 1.15. The van der Waals surface area contributed by atoms with Gasteiger partial charge in [0, 0.05) is 17.0 Å². The maximum absolute atomic E-state index is 3.33. The van der Waals surface area contributed by atoms with Gasteiger partial charge in [0.1, 0.15) is 0 Å². The van der Waals surface area contributed by atoms with Crippen molar-refractivity contribution in [2.45, 2.75) is 0 Å². The maximum Gasteiger partial charge on any atom is 0.211 e. The van der Waals surface area contributed by atoms with Crippen LogP contribution in [0.15, 0.2) is 66.9 Å². The van der Waals surface area contributed by atoms with Crippen molar-refractivity contribution >= 4 is 10.8 Å². The summed E-state index contributed by atoms with van der Waals surface area (Å²) in [6.07, 6.45) is 2.05. The van der Waals surface area contributed by atoms with Crippen molar-refractivity contribution in [1.82, 2.24) is 0 Å². The molecule has 3 rings (SSSR count). The van der Waals surface area contributed by atoms with Crippen LogP contribution in [0.3, 0.4) is 0 Å². The molecule has 3 aromatic rings. The fourth-order valence-electron chi connectivity index (χ4n) is 1.91. The summed E-state index contributed by atoms with van der Waals surface area (Å²) >= 11 is 0. The molecule has 0 aliphatic heterocycles. The van der Waals surface area contributed by atoms with E-state index >= 15 is 0 Å². The standard InChI is InChI=1S/C15H11N/c1-2-6-12(7-3-1)15-10-13-8-4-5-9-14(13)11-16-15/h1-11H/p+1. The van der Waals surface area contributed by atoms with Crippen LogP contribution in [0.25, 0.3) is 22.0 Å². The number of fused-ring (bicyclic) bond motifs is 1. The van der Waals surface area contributed by atoms with Crippen LogP contribution in [0.2, 0.25) is 0 Å². The van der Waals surface area contributed by atoms with Gasteiger partial charge >= 0.3 is 0 Å². The van der Waals surface area contributed by atoms with Crippen LogP contribution in [-0.2, 0) is 0 Å². The van der Waals surface area contributed by atoms with Gasteiger partial charge in [-0.1, -0.05) is 36.4 Å². The van der Waals surface area contributed by atoms with E-state index < -0.39 is 0 Å². The van der Waals surface area contributed by atoms with Gasteiger partial charge in [-0.2, -0.15) is 0 Å². The summed E-state index contributed by atoms with van der Waals surface area (Å²) < 4.78 is 0. The number of aromatic nitrogens is 1. The first-order valence-corrected chi connectivity index (χ1v) is 5.39. The molecule has 0 aliphatic rings. The second-order valence-electron chi connectivity index (χ2n) is 3.84. The highest BCUT2D eigenvalue weighted by atomic mass is 14.7. The summed E-state index contributed by atoms with van der Waals surface area (Å²) in [6.45, 7) is 0. The highest BCUT2D eigenvalue weighted by molar-refractivity contribution is 5.83. The lowest BCUT2D eigenvalue weighted by Gasteiger charge is -1.97. The zero-order chi connectivity index (χ0) is 10.8. The van der Waals surface area contributed by atoms with Gasteiger partial charge in [0.15, 0.2) is 6.20 Å². The number of hydrogen-bond donors (Lipinski definition) is 0. The van der Waals surface area contributed by atoms with Crippen LogP contribution >= 0.6 is 0 Å². The molecular weight excluding hydrogens is 194 g/mol.